The maximum absolute atomic E-state index is 12.7. The van der Waals surface area contributed by atoms with E-state index in [4.69, 9.17) is 5.11 Å². The summed E-state index contributed by atoms with van der Waals surface area (Å²) in [7, 11) is 0. The SMILES string of the molecule is CC1CC(C(=O)O)CN(C(=O)N[C@H]2CCCC[C@H]2CC(F)(F)F)C1. The zero-order chi connectivity index (χ0) is 17.9. The highest BCUT2D eigenvalue weighted by molar-refractivity contribution is 5.77. The van der Waals surface area contributed by atoms with Crippen molar-refractivity contribution in [3.05, 3.63) is 0 Å². The number of carbonyl (C=O) groups excluding carboxylic acids is 1. The Balaban J connectivity index is 1.97. The van der Waals surface area contributed by atoms with Gasteiger partial charge in [-0.05, 0) is 31.1 Å². The van der Waals surface area contributed by atoms with Crippen molar-refractivity contribution in [3.63, 3.8) is 0 Å². The maximum atomic E-state index is 12.7. The van der Waals surface area contributed by atoms with Gasteiger partial charge in [0.05, 0.1) is 5.92 Å². The second-order valence-electron chi connectivity index (χ2n) is 7.20. The highest BCUT2D eigenvalue weighted by Gasteiger charge is 2.38. The number of halogens is 3. The lowest BCUT2D eigenvalue weighted by Gasteiger charge is -2.38. The van der Waals surface area contributed by atoms with Crippen LogP contribution in [0.4, 0.5) is 18.0 Å². The summed E-state index contributed by atoms with van der Waals surface area (Å²) in [5.74, 6) is -2.09. The molecule has 24 heavy (non-hydrogen) atoms. The molecule has 1 saturated carbocycles. The zero-order valence-electron chi connectivity index (χ0n) is 13.8. The van der Waals surface area contributed by atoms with Gasteiger partial charge in [-0.1, -0.05) is 19.8 Å². The van der Waals surface area contributed by atoms with Gasteiger partial charge in [0.2, 0.25) is 0 Å². The Hall–Kier alpha value is -1.47. The second kappa shape index (κ2) is 7.61. The first-order chi connectivity index (χ1) is 11.2. The molecule has 2 unspecified atom stereocenters. The van der Waals surface area contributed by atoms with Crippen LogP contribution in [0.15, 0.2) is 0 Å². The predicted octanol–water partition coefficient (Wildman–Crippen LogP) is 3.25. The molecule has 0 spiro atoms. The topological polar surface area (TPSA) is 69.6 Å². The Kier molecular flexibility index (Phi) is 5.98. The number of rotatable bonds is 3. The fourth-order valence-electron chi connectivity index (χ4n) is 3.89. The van der Waals surface area contributed by atoms with Crippen LogP contribution in [0.5, 0.6) is 0 Å². The lowest BCUT2D eigenvalue weighted by atomic mass is 9.82. The Labute approximate surface area is 139 Å². The Bertz CT molecular complexity index is 470. The van der Waals surface area contributed by atoms with Crippen molar-refractivity contribution in [1.82, 2.24) is 10.2 Å². The van der Waals surface area contributed by atoms with E-state index in [1.807, 2.05) is 6.92 Å². The number of nitrogens with zero attached hydrogens (tertiary/aromatic N) is 1. The van der Waals surface area contributed by atoms with Crippen molar-refractivity contribution in [2.24, 2.45) is 17.8 Å². The molecule has 4 atom stereocenters. The molecule has 138 valence electrons. The van der Waals surface area contributed by atoms with Gasteiger partial charge in [0.15, 0.2) is 0 Å². The molecule has 8 heteroatoms. The van der Waals surface area contributed by atoms with Gasteiger partial charge in [-0.15, -0.1) is 0 Å². The molecule has 0 aromatic rings. The highest BCUT2D eigenvalue weighted by Crippen LogP contribution is 2.34. The molecule has 2 amide bonds. The molecule has 1 saturated heterocycles. The molecule has 2 N–H and O–H groups in total. The van der Waals surface area contributed by atoms with Crippen molar-refractivity contribution in [1.29, 1.82) is 0 Å². The van der Waals surface area contributed by atoms with E-state index in [-0.39, 0.29) is 12.5 Å². The van der Waals surface area contributed by atoms with E-state index in [0.29, 0.717) is 25.8 Å². The molecule has 0 aromatic carbocycles. The van der Waals surface area contributed by atoms with Crippen LogP contribution in [0.3, 0.4) is 0 Å². The first kappa shape index (κ1) is 18.9. The number of hydrogen-bond donors (Lipinski definition) is 2. The molecule has 5 nitrogen and oxygen atoms in total. The molecule has 2 fully saturated rings. The Morgan fingerprint density at radius 1 is 1.21 bits per heavy atom. The van der Waals surface area contributed by atoms with E-state index in [1.54, 1.807) is 0 Å². The number of piperidine rings is 1. The number of likely N-dealkylation sites (tertiary alicyclic amines) is 1. The van der Waals surface area contributed by atoms with Crippen LogP contribution in [0.25, 0.3) is 0 Å². The molecule has 1 aliphatic carbocycles. The fraction of sp³-hybridized carbons (Fsp3) is 0.875. The summed E-state index contributed by atoms with van der Waals surface area (Å²) in [6.45, 7) is 2.43. The van der Waals surface area contributed by atoms with Crippen molar-refractivity contribution in [2.45, 2.75) is 57.7 Å². The zero-order valence-corrected chi connectivity index (χ0v) is 13.8. The molecular formula is C16H25F3N2O3. The third-order valence-corrected chi connectivity index (χ3v) is 5.01. The quantitative estimate of drug-likeness (QED) is 0.821. The average molecular weight is 350 g/mol. The summed E-state index contributed by atoms with van der Waals surface area (Å²) >= 11 is 0. The van der Waals surface area contributed by atoms with Crippen molar-refractivity contribution < 1.29 is 27.9 Å². The van der Waals surface area contributed by atoms with Crippen molar-refractivity contribution in [3.8, 4) is 0 Å². The number of carboxylic acids is 1. The molecule has 2 aliphatic rings. The first-order valence-electron chi connectivity index (χ1n) is 8.50. The molecule has 2 rings (SSSR count). The molecular weight excluding hydrogens is 325 g/mol. The third kappa shape index (κ3) is 5.27. The van der Waals surface area contributed by atoms with Crippen LogP contribution in [0.1, 0.15) is 45.4 Å². The minimum Gasteiger partial charge on any atom is -0.481 e. The van der Waals surface area contributed by atoms with E-state index in [9.17, 15) is 22.8 Å². The van der Waals surface area contributed by atoms with E-state index >= 15 is 0 Å². The maximum Gasteiger partial charge on any atom is 0.389 e. The third-order valence-electron chi connectivity index (χ3n) is 5.01. The summed E-state index contributed by atoms with van der Waals surface area (Å²) in [4.78, 5) is 25.1. The van der Waals surface area contributed by atoms with Gasteiger partial charge in [-0.25, -0.2) is 4.79 Å². The number of alkyl halides is 3. The van der Waals surface area contributed by atoms with Crippen LogP contribution in [-0.4, -0.2) is 47.3 Å². The number of hydrogen-bond acceptors (Lipinski definition) is 2. The molecule has 0 aromatic heterocycles. The van der Waals surface area contributed by atoms with E-state index in [0.717, 1.165) is 12.8 Å². The fourth-order valence-corrected chi connectivity index (χ4v) is 3.89. The van der Waals surface area contributed by atoms with Gasteiger partial charge in [0.1, 0.15) is 0 Å². The Morgan fingerprint density at radius 3 is 2.50 bits per heavy atom. The number of aliphatic carboxylic acids is 1. The number of amides is 2. The first-order valence-corrected chi connectivity index (χ1v) is 8.50. The summed E-state index contributed by atoms with van der Waals surface area (Å²) in [6, 6.07) is -0.930. The number of carbonyl (C=O) groups is 2. The monoisotopic (exact) mass is 350 g/mol. The van der Waals surface area contributed by atoms with Gasteiger partial charge in [-0.2, -0.15) is 13.2 Å². The number of urea groups is 1. The van der Waals surface area contributed by atoms with E-state index in [2.05, 4.69) is 5.32 Å². The van der Waals surface area contributed by atoms with E-state index < -0.39 is 42.5 Å². The summed E-state index contributed by atoms with van der Waals surface area (Å²) in [5, 5.41) is 11.9. The summed E-state index contributed by atoms with van der Waals surface area (Å²) < 4.78 is 38.1. The average Bonchev–Trinajstić information content (AvgIpc) is 2.47. The Morgan fingerprint density at radius 2 is 1.88 bits per heavy atom. The normalized spacial score (nSPS) is 31.6. The van der Waals surface area contributed by atoms with Crippen LogP contribution in [-0.2, 0) is 4.79 Å². The standard InChI is InChI=1S/C16H25F3N2O3/c1-10-6-12(14(22)23)9-21(8-10)15(24)20-13-5-3-2-4-11(13)7-16(17,18)19/h10-13H,2-9H2,1H3,(H,20,24)(H,22,23)/t10?,11-,12?,13-/m0/s1. The molecule has 1 heterocycles. The smallest absolute Gasteiger partial charge is 0.389 e. The van der Waals surface area contributed by atoms with Crippen LogP contribution < -0.4 is 5.32 Å². The van der Waals surface area contributed by atoms with Gasteiger partial charge in [0, 0.05) is 25.6 Å². The molecule has 0 bridgehead atoms. The number of carboxylic acid groups (broad SMARTS) is 1. The summed E-state index contributed by atoms with van der Waals surface area (Å²) in [5.41, 5.74) is 0. The lowest BCUT2D eigenvalue weighted by Crippen LogP contribution is -2.53. The van der Waals surface area contributed by atoms with Crippen molar-refractivity contribution >= 4 is 12.0 Å². The van der Waals surface area contributed by atoms with Crippen LogP contribution in [0, 0.1) is 17.8 Å². The lowest BCUT2D eigenvalue weighted by molar-refractivity contribution is -0.148. The van der Waals surface area contributed by atoms with Crippen molar-refractivity contribution in [2.75, 3.05) is 13.1 Å². The largest absolute Gasteiger partial charge is 0.481 e. The van der Waals surface area contributed by atoms with Gasteiger partial charge in [0.25, 0.3) is 0 Å². The van der Waals surface area contributed by atoms with Gasteiger partial charge in [-0.3, -0.25) is 4.79 Å². The minimum atomic E-state index is -4.24. The highest BCUT2D eigenvalue weighted by atomic mass is 19.4. The molecule has 1 aliphatic heterocycles. The molecule has 0 radical (unpaired) electrons. The van der Waals surface area contributed by atoms with Gasteiger partial charge < -0.3 is 15.3 Å². The second-order valence-corrected chi connectivity index (χ2v) is 7.20. The number of nitrogens with one attached hydrogen (secondary N) is 1. The minimum absolute atomic E-state index is 0.0583. The summed E-state index contributed by atoms with van der Waals surface area (Å²) in [6.07, 6.45) is -2.07. The van der Waals surface area contributed by atoms with E-state index in [1.165, 1.54) is 4.90 Å². The predicted molar refractivity (Wildman–Crippen MR) is 81.4 cm³/mol. The van der Waals surface area contributed by atoms with Crippen LogP contribution in [0.2, 0.25) is 0 Å². The van der Waals surface area contributed by atoms with Crippen LogP contribution >= 0.6 is 0 Å². The van der Waals surface area contributed by atoms with Gasteiger partial charge >= 0.3 is 18.2 Å².